The molecule has 1 fully saturated rings. The molecule has 68 valence electrons. The van der Waals surface area contributed by atoms with Crippen LogP contribution in [0.25, 0.3) is 0 Å². The lowest BCUT2D eigenvalue weighted by molar-refractivity contribution is -0.142. The highest BCUT2D eigenvalue weighted by Gasteiger charge is 2.22. The molecule has 0 radical (unpaired) electrons. The first-order valence-corrected chi connectivity index (χ1v) is 4.42. The highest BCUT2D eigenvalue weighted by atomic mass is 16.2. The summed E-state index contributed by atoms with van der Waals surface area (Å²) in [6.07, 6.45) is 2.40. The summed E-state index contributed by atoms with van der Waals surface area (Å²) in [7, 11) is 0. The number of hydrogen-bond donors (Lipinski definition) is 0. The molecule has 3 heteroatoms. The minimum Gasteiger partial charge on any atom is -0.283 e. The van der Waals surface area contributed by atoms with E-state index in [-0.39, 0.29) is 11.8 Å². The summed E-state index contributed by atoms with van der Waals surface area (Å²) >= 11 is 0. The number of likely N-dealkylation sites (tertiary alicyclic amines) is 1. The maximum Gasteiger partial charge on any atom is 0.229 e. The first-order chi connectivity index (χ1) is 5.61. The maximum absolute atomic E-state index is 11.3. The van der Waals surface area contributed by atoms with Gasteiger partial charge in [0, 0.05) is 19.9 Å². The van der Waals surface area contributed by atoms with Gasteiger partial charge in [0.1, 0.15) is 0 Å². The molecule has 0 N–H and O–H groups in total. The van der Waals surface area contributed by atoms with Crippen LogP contribution in [0.2, 0.25) is 0 Å². The lowest BCUT2D eigenvalue weighted by Gasteiger charge is -2.15. The van der Waals surface area contributed by atoms with Gasteiger partial charge in [-0.1, -0.05) is 6.92 Å². The SMILES string of the molecule is CC(=O)N1CCC(C)CCC1=O. The Morgan fingerprint density at radius 2 is 2.17 bits per heavy atom. The van der Waals surface area contributed by atoms with E-state index in [1.807, 2.05) is 0 Å². The molecule has 12 heavy (non-hydrogen) atoms. The van der Waals surface area contributed by atoms with E-state index in [2.05, 4.69) is 6.92 Å². The quantitative estimate of drug-likeness (QED) is 0.546. The van der Waals surface area contributed by atoms with E-state index in [9.17, 15) is 9.59 Å². The molecule has 0 aromatic rings. The van der Waals surface area contributed by atoms with Gasteiger partial charge in [0.25, 0.3) is 0 Å². The predicted molar refractivity (Wildman–Crippen MR) is 45.4 cm³/mol. The van der Waals surface area contributed by atoms with E-state index in [0.717, 1.165) is 12.8 Å². The molecule has 0 aromatic carbocycles. The van der Waals surface area contributed by atoms with Crippen molar-refractivity contribution in [2.75, 3.05) is 6.54 Å². The van der Waals surface area contributed by atoms with Gasteiger partial charge in [-0.2, -0.15) is 0 Å². The third-order valence-corrected chi connectivity index (χ3v) is 2.38. The minimum atomic E-state index is -0.117. The Morgan fingerprint density at radius 1 is 1.50 bits per heavy atom. The van der Waals surface area contributed by atoms with Crippen LogP contribution in [0, 0.1) is 5.92 Å². The smallest absolute Gasteiger partial charge is 0.229 e. The van der Waals surface area contributed by atoms with Gasteiger partial charge in [0.05, 0.1) is 0 Å². The third kappa shape index (κ3) is 2.06. The fourth-order valence-electron chi connectivity index (χ4n) is 1.46. The van der Waals surface area contributed by atoms with Gasteiger partial charge in [-0.3, -0.25) is 14.5 Å². The monoisotopic (exact) mass is 169 g/mol. The molecule has 0 aromatic heterocycles. The number of rotatable bonds is 0. The first kappa shape index (κ1) is 9.23. The van der Waals surface area contributed by atoms with E-state index < -0.39 is 0 Å². The highest BCUT2D eigenvalue weighted by molar-refractivity contribution is 5.94. The van der Waals surface area contributed by atoms with E-state index in [0.29, 0.717) is 18.9 Å². The van der Waals surface area contributed by atoms with Crippen molar-refractivity contribution in [3.63, 3.8) is 0 Å². The van der Waals surface area contributed by atoms with E-state index in [1.165, 1.54) is 11.8 Å². The number of amides is 2. The molecule has 1 saturated heterocycles. The van der Waals surface area contributed by atoms with Crippen LogP contribution in [-0.2, 0) is 9.59 Å². The predicted octanol–water partition coefficient (Wildman–Crippen LogP) is 1.18. The van der Waals surface area contributed by atoms with Crippen molar-refractivity contribution in [3.8, 4) is 0 Å². The normalized spacial score (nSPS) is 25.3. The fourth-order valence-corrected chi connectivity index (χ4v) is 1.46. The van der Waals surface area contributed by atoms with Gasteiger partial charge in [0.15, 0.2) is 0 Å². The third-order valence-electron chi connectivity index (χ3n) is 2.38. The van der Waals surface area contributed by atoms with E-state index in [4.69, 9.17) is 0 Å². The molecule has 3 nitrogen and oxygen atoms in total. The number of hydrogen-bond acceptors (Lipinski definition) is 2. The van der Waals surface area contributed by atoms with Gasteiger partial charge in [0.2, 0.25) is 11.8 Å². The summed E-state index contributed by atoms with van der Waals surface area (Å²) in [6.45, 7) is 4.18. The molecule has 1 unspecified atom stereocenters. The summed E-state index contributed by atoms with van der Waals surface area (Å²) in [5, 5.41) is 0. The van der Waals surface area contributed by atoms with Crippen LogP contribution < -0.4 is 0 Å². The summed E-state index contributed by atoms with van der Waals surface area (Å²) in [5.74, 6) is 0.444. The van der Waals surface area contributed by atoms with Crippen LogP contribution in [-0.4, -0.2) is 23.3 Å². The molecule has 0 saturated carbocycles. The summed E-state index contributed by atoms with van der Waals surface area (Å²) in [5.41, 5.74) is 0. The van der Waals surface area contributed by atoms with Gasteiger partial charge in [-0.15, -0.1) is 0 Å². The standard InChI is InChI=1S/C9H15NO2/c1-7-3-4-9(12)10(6-5-7)8(2)11/h7H,3-6H2,1-2H3. The Morgan fingerprint density at radius 3 is 2.75 bits per heavy atom. The number of nitrogens with zero attached hydrogens (tertiary/aromatic N) is 1. The summed E-state index contributed by atoms with van der Waals surface area (Å²) in [6, 6.07) is 0. The molecule has 0 spiro atoms. The number of carbonyl (C=O) groups excluding carboxylic acids is 2. The van der Waals surface area contributed by atoms with Crippen molar-refractivity contribution < 1.29 is 9.59 Å². The molecule has 0 bridgehead atoms. The molecule has 1 rings (SSSR count). The Balaban J connectivity index is 2.62. The average molecular weight is 169 g/mol. The van der Waals surface area contributed by atoms with Crippen molar-refractivity contribution in [2.45, 2.75) is 33.1 Å². The molecular formula is C9H15NO2. The molecule has 1 atom stereocenters. The minimum absolute atomic E-state index is 0.00755. The molecule has 1 heterocycles. The maximum atomic E-state index is 11.3. The largest absolute Gasteiger partial charge is 0.283 e. The van der Waals surface area contributed by atoms with Crippen LogP contribution >= 0.6 is 0 Å². The van der Waals surface area contributed by atoms with Crippen LogP contribution in [0.3, 0.4) is 0 Å². The Hall–Kier alpha value is -0.860. The van der Waals surface area contributed by atoms with Crippen molar-refractivity contribution in [3.05, 3.63) is 0 Å². The zero-order valence-corrected chi connectivity index (χ0v) is 7.67. The number of carbonyl (C=O) groups is 2. The van der Waals surface area contributed by atoms with Crippen molar-refractivity contribution in [1.82, 2.24) is 4.90 Å². The second kappa shape index (κ2) is 3.70. The second-order valence-electron chi connectivity index (χ2n) is 3.50. The number of imide groups is 1. The van der Waals surface area contributed by atoms with Gasteiger partial charge < -0.3 is 0 Å². The molecular weight excluding hydrogens is 154 g/mol. The van der Waals surface area contributed by atoms with E-state index >= 15 is 0 Å². The molecule has 0 aliphatic carbocycles. The van der Waals surface area contributed by atoms with Crippen LogP contribution in [0.15, 0.2) is 0 Å². The van der Waals surface area contributed by atoms with Crippen molar-refractivity contribution in [1.29, 1.82) is 0 Å². The summed E-state index contributed by atoms with van der Waals surface area (Å²) in [4.78, 5) is 23.6. The summed E-state index contributed by atoms with van der Waals surface area (Å²) < 4.78 is 0. The average Bonchev–Trinajstić information content (AvgIpc) is 2.14. The van der Waals surface area contributed by atoms with Gasteiger partial charge in [-0.25, -0.2) is 0 Å². The highest BCUT2D eigenvalue weighted by Crippen LogP contribution is 2.17. The van der Waals surface area contributed by atoms with Crippen LogP contribution in [0.1, 0.15) is 33.1 Å². The Kier molecular flexibility index (Phi) is 2.84. The zero-order chi connectivity index (χ0) is 9.14. The molecule has 1 aliphatic rings. The second-order valence-corrected chi connectivity index (χ2v) is 3.50. The Labute approximate surface area is 72.7 Å². The fraction of sp³-hybridized carbons (Fsp3) is 0.778. The van der Waals surface area contributed by atoms with Gasteiger partial charge >= 0.3 is 0 Å². The van der Waals surface area contributed by atoms with Crippen molar-refractivity contribution >= 4 is 11.8 Å². The first-order valence-electron chi connectivity index (χ1n) is 4.42. The van der Waals surface area contributed by atoms with Gasteiger partial charge in [-0.05, 0) is 18.8 Å². The molecule has 2 amide bonds. The van der Waals surface area contributed by atoms with Crippen molar-refractivity contribution in [2.24, 2.45) is 5.92 Å². The topological polar surface area (TPSA) is 37.4 Å². The van der Waals surface area contributed by atoms with Crippen LogP contribution in [0.5, 0.6) is 0 Å². The Bertz CT molecular complexity index is 201. The van der Waals surface area contributed by atoms with Crippen LogP contribution in [0.4, 0.5) is 0 Å². The molecule has 1 aliphatic heterocycles. The lowest BCUT2D eigenvalue weighted by atomic mass is 10.0. The lowest BCUT2D eigenvalue weighted by Crippen LogP contribution is -2.34. The zero-order valence-electron chi connectivity index (χ0n) is 7.67. The van der Waals surface area contributed by atoms with E-state index in [1.54, 1.807) is 0 Å².